The Morgan fingerprint density at radius 2 is 2.21 bits per heavy atom. The van der Waals surface area contributed by atoms with Crippen LogP contribution in [0.1, 0.15) is 24.2 Å². The van der Waals surface area contributed by atoms with Crippen LogP contribution in [0.25, 0.3) is 0 Å². The van der Waals surface area contributed by atoms with Gasteiger partial charge in [0.05, 0.1) is 6.10 Å². The molecule has 1 aromatic rings. The van der Waals surface area contributed by atoms with Crippen LogP contribution in [0, 0.1) is 18.8 Å². The van der Waals surface area contributed by atoms with Gasteiger partial charge in [-0.3, -0.25) is 0 Å². The second-order valence-corrected chi connectivity index (χ2v) is 5.97. The van der Waals surface area contributed by atoms with Gasteiger partial charge >= 0.3 is 0 Å². The van der Waals surface area contributed by atoms with Crippen molar-refractivity contribution in [2.45, 2.75) is 25.9 Å². The largest absolute Gasteiger partial charge is 0.393 e. The van der Waals surface area contributed by atoms with E-state index in [1.54, 1.807) is 6.07 Å². The van der Waals surface area contributed by atoms with Crippen molar-refractivity contribution >= 4 is 23.2 Å². The van der Waals surface area contributed by atoms with Crippen molar-refractivity contribution in [1.82, 2.24) is 9.97 Å². The van der Waals surface area contributed by atoms with E-state index < -0.39 is 0 Å². The minimum atomic E-state index is -0.171. The number of nitrogens with zero attached hydrogens (tertiary/aromatic N) is 3. The number of aliphatic hydroxyl groups excluding tert-OH is 1. The van der Waals surface area contributed by atoms with Crippen LogP contribution in [0.3, 0.4) is 0 Å². The van der Waals surface area contributed by atoms with Gasteiger partial charge < -0.3 is 15.7 Å². The third-order valence-electron chi connectivity index (χ3n) is 4.20. The first-order valence-electron chi connectivity index (χ1n) is 6.63. The van der Waals surface area contributed by atoms with Crippen LogP contribution >= 0.6 is 12.2 Å². The number of aromatic nitrogens is 2. The van der Waals surface area contributed by atoms with Crippen LogP contribution in [0.15, 0.2) is 6.07 Å². The molecule has 1 aliphatic carbocycles. The molecule has 19 heavy (non-hydrogen) atoms. The summed E-state index contributed by atoms with van der Waals surface area (Å²) in [6.07, 6.45) is 1.85. The first-order chi connectivity index (χ1) is 9.04. The molecule has 3 atom stereocenters. The lowest BCUT2D eigenvalue weighted by atomic mass is 10.00. The minimum Gasteiger partial charge on any atom is -0.393 e. The highest BCUT2D eigenvalue weighted by Gasteiger charge is 2.42. The van der Waals surface area contributed by atoms with E-state index in [1.165, 1.54) is 0 Å². The summed E-state index contributed by atoms with van der Waals surface area (Å²) in [5.41, 5.74) is 7.13. The van der Waals surface area contributed by atoms with Crippen LogP contribution < -0.4 is 10.6 Å². The van der Waals surface area contributed by atoms with Crippen molar-refractivity contribution in [3.05, 3.63) is 17.5 Å². The fraction of sp³-hybridized carbons (Fsp3) is 0.615. The summed E-state index contributed by atoms with van der Waals surface area (Å²) in [4.78, 5) is 11.3. The fourth-order valence-corrected chi connectivity index (χ4v) is 3.33. The first-order valence-corrected chi connectivity index (χ1v) is 7.04. The average Bonchev–Trinajstić information content (AvgIpc) is 2.91. The van der Waals surface area contributed by atoms with Crippen LogP contribution in [0.2, 0.25) is 0 Å². The molecule has 0 amide bonds. The van der Waals surface area contributed by atoms with E-state index in [2.05, 4.69) is 14.9 Å². The Bertz CT molecular complexity index is 521. The molecule has 0 aromatic carbocycles. The third-order valence-corrected chi connectivity index (χ3v) is 4.41. The highest BCUT2D eigenvalue weighted by atomic mass is 32.1. The van der Waals surface area contributed by atoms with Gasteiger partial charge in [0.15, 0.2) is 0 Å². The van der Waals surface area contributed by atoms with Crippen molar-refractivity contribution < 1.29 is 5.11 Å². The molecule has 1 aromatic heterocycles. The molecule has 0 bridgehead atoms. The Kier molecular flexibility index (Phi) is 3.14. The fourth-order valence-electron chi connectivity index (χ4n) is 3.22. The zero-order valence-corrected chi connectivity index (χ0v) is 11.7. The number of nitrogens with two attached hydrogens (primary N) is 1. The van der Waals surface area contributed by atoms with Crippen LogP contribution in [0.5, 0.6) is 0 Å². The highest BCUT2D eigenvalue weighted by molar-refractivity contribution is 7.80. The number of hydrogen-bond acceptors (Lipinski definition) is 5. The zero-order chi connectivity index (χ0) is 13.6. The molecule has 5 nitrogen and oxygen atoms in total. The smallest absolute Gasteiger partial charge is 0.226 e. The quantitative estimate of drug-likeness (QED) is 0.773. The number of rotatable bonds is 2. The molecule has 6 heteroatoms. The molecule has 0 spiro atoms. The summed E-state index contributed by atoms with van der Waals surface area (Å²) < 4.78 is 0. The average molecular weight is 278 g/mol. The van der Waals surface area contributed by atoms with E-state index in [0.717, 1.165) is 31.6 Å². The van der Waals surface area contributed by atoms with E-state index in [-0.39, 0.29) is 6.10 Å². The lowest BCUT2D eigenvalue weighted by Crippen LogP contribution is -2.27. The van der Waals surface area contributed by atoms with Crippen molar-refractivity contribution in [2.24, 2.45) is 17.6 Å². The lowest BCUT2D eigenvalue weighted by molar-refractivity contribution is 0.133. The maximum Gasteiger partial charge on any atom is 0.226 e. The van der Waals surface area contributed by atoms with Crippen molar-refractivity contribution in [3.8, 4) is 0 Å². The highest BCUT2D eigenvalue weighted by Crippen LogP contribution is 2.39. The SMILES string of the molecule is Cc1cc(C(N)=S)nc(N2CC3CCC(O)C3C2)n1. The molecule has 3 unspecified atom stereocenters. The van der Waals surface area contributed by atoms with Gasteiger partial charge in [0, 0.05) is 24.7 Å². The van der Waals surface area contributed by atoms with Crippen LogP contribution in [-0.2, 0) is 0 Å². The molecule has 1 aliphatic heterocycles. The van der Waals surface area contributed by atoms with E-state index in [9.17, 15) is 5.11 Å². The van der Waals surface area contributed by atoms with Gasteiger partial charge in [0.25, 0.3) is 0 Å². The predicted molar refractivity (Wildman–Crippen MR) is 77.1 cm³/mol. The Hall–Kier alpha value is -1.27. The topological polar surface area (TPSA) is 75.3 Å². The Morgan fingerprint density at radius 1 is 1.42 bits per heavy atom. The zero-order valence-electron chi connectivity index (χ0n) is 10.9. The number of hydrogen-bond donors (Lipinski definition) is 2. The second kappa shape index (κ2) is 4.68. The van der Waals surface area contributed by atoms with Gasteiger partial charge in [0.2, 0.25) is 5.95 Å². The summed E-state index contributed by atoms with van der Waals surface area (Å²) in [6.45, 7) is 3.66. The normalized spacial score (nSPS) is 29.6. The lowest BCUT2D eigenvalue weighted by Gasteiger charge is -2.19. The van der Waals surface area contributed by atoms with E-state index in [4.69, 9.17) is 18.0 Å². The van der Waals surface area contributed by atoms with Gasteiger partial charge in [-0.05, 0) is 31.7 Å². The molecule has 3 N–H and O–H groups in total. The van der Waals surface area contributed by atoms with Gasteiger partial charge in [-0.15, -0.1) is 0 Å². The standard InChI is InChI=1S/C13H18N4OS/c1-7-4-10(12(14)19)16-13(15-7)17-5-8-2-3-11(18)9(8)6-17/h4,8-9,11,18H,2-3,5-6H2,1H3,(H2,14,19). The summed E-state index contributed by atoms with van der Waals surface area (Å²) >= 11 is 4.98. The van der Waals surface area contributed by atoms with Crippen molar-refractivity contribution in [1.29, 1.82) is 0 Å². The Balaban J connectivity index is 1.86. The predicted octanol–water partition coefficient (Wildman–Crippen LogP) is 0.626. The van der Waals surface area contributed by atoms with Gasteiger partial charge in [-0.2, -0.15) is 0 Å². The molecule has 2 aliphatic rings. The number of anilines is 1. The number of fused-ring (bicyclic) bond motifs is 1. The molecule has 102 valence electrons. The second-order valence-electron chi connectivity index (χ2n) is 5.53. The number of aryl methyl sites for hydroxylation is 1. The summed E-state index contributed by atoms with van der Waals surface area (Å²) in [7, 11) is 0. The monoisotopic (exact) mass is 278 g/mol. The van der Waals surface area contributed by atoms with Crippen molar-refractivity contribution in [2.75, 3.05) is 18.0 Å². The molecule has 2 heterocycles. The Labute approximate surface area is 117 Å². The maximum atomic E-state index is 9.95. The molecule has 3 rings (SSSR count). The minimum absolute atomic E-state index is 0.171. The van der Waals surface area contributed by atoms with Gasteiger partial charge in [-0.25, -0.2) is 9.97 Å². The van der Waals surface area contributed by atoms with Gasteiger partial charge in [0.1, 0.15) is 10.7 Å². The van der Waals surface area contributed by atoms with Gasteiger partial charge in [-0.1, -0.05) is 12.2 Å². The first kappa shape index (κ1) is 12.7. The maximum absolute atomic E-state index is 9.95. The van der Waals surface area contributed by atoms with Crippen LogP contribution in [0.4, 0.5) is 5.95 Å². The van der Waals surface area contributed by atoms with E-state index >= 15 is 0 Å². The molecule has 0 radical (unpaired) electrons. The molecule has 1 saturated heterocycles. The molecule has 1 saturated carbocycles. The van der Waals surface area contributed by atoms with E-state index in [1.807, 2.05) is 6.92 Å². The summed E-state index contributed by atoms with van der Waals surface area (Å²) in [5, 5.41) is 9.95. The third kappa shape index (κ3) is 2.30. The van der Waals surface area contributed by atoms with Crippen LogP contribution in [-0.4, -0.2) is 39.3 Å². The summed E-state index contributed by atoms with van der Waals surface area (Å²) in [6, 6.07) is 1.80. The van der Waals surface area contributed by atoms with Crippen molar-refractivity contribution in [3.63, 3.8) is 0 Å². The molecular formula is C13H18N4OS. The number of thiocarbonyl (C=S) groups is 1. The molecule has 2 fully saturated rings. The Morgan fingerprint density at radius 3 is 2.89 bits per heavy atom. The molecular weight excluding hydrogens is 260 g/mol. The van der Waals surface area contributed by atoms with E-state index in [0.29, 0.717) is 28.5 Å². The summed E-state index contributed by atoms with van der Waals surface area (Å²) in [5.74, 6) is 1.61. The number of aliphatic hydroxyl groups is 1.